The molecule has 0 aliphatic heterocycles. The number of carbonyl (C=O) groups excluding carboxylic acids is 1. The Morgan fingerprint density at radius 1 is 1.09 bits per heavy atom. The quantitative estimate of drug-likeness (QED) is 0.435. The Balaban J connectivity index is 2.57. The number of halogens is 3. The van der Waals surface area contributed by atoms with Gasteiger partial charge in [-0.25, -0.2) is 4.99 Å². The number of phenolic OH excluding ortho intramolecular Hbond substituents is 1. The predicted octanol–water partition coefficient (Wildman–Crippen LogP) is 4.62. The van der Waals surface area contributed by atoms with Gasteiger partial charge in [0.05, 0.1) is 17.2 Å². The molecule has 0 unspecified atom stereocenters. The number of aryl methyl sites for hydroxylation is 1. The van der Waals surface area contributed by atoms with E-state index >= 15 is 0 Å². The maximum atomic E-state index is 13.4. The third-order valence-electron chi connectivity index (χ3n) is 4.70. The lowest BCUT2D eigenvalue weighted by molar-refractivity contribution is -0.138. The molecule has 0 aliphatic rings. The van der Waals surface area contributed by atoms with Gasteiger partial charge in [0.25, 0.3) is 5.91 Å². The summed E-state index contributed by atoms with van der Waals surface area (Å²) in [7, 11) is 2.55. The van der Waals surface area contributed by atoms with Crippen LogP contribution in [0.2, 0.25) is 0 Å². The molecule has 0 radical (unpaired) electrons. The van der Waals surface area contributed by atoms with E-state index in [2.05, 4.69) is 9.98 Å². The molecule has 1 aromatic heterocycles. The number of hydrogen-bond donors (Lipinski definition) is 3. The summed E-state index contributed by atoms with van der Waals surface area (Å²) in [6.07, 6.45) is -4.86. The first-order valence-corrected chi connectivity index (χ1v) is 10.7. The van der Waals surface area contributed by atoms with Crippen LogP contribution in [0.3, 0.4) is 0 Å². The Bertz CT molecular complexity index is 1100. The lowest BCUT2D eigenvalue weighted by atomic mass is 9.86. The molecular formula is C22H28F3N5O2S. The molecule has 1 atom stereocenters. The highest BCUT2D eigenvalue weighted by Gasteiger charge is 2.38. The van der Waals surface area contributed by atoms with Gasteiger partial charge in [-0.1, -0.05) is 20.8 Å². The first-order valence-electron chi connectivity index (χ1n) is 9.93. The molecule has 7 nitrogen and oxygen atoms in total. The molecule has 0 fully saturated rings. The van der Waals surface area contributed by atoms with Crippen LogP contribution in [-0.4, -0.2) is 41.7 Å². The Labute approximate surface area is 194 Å². The van der Waals surface area contributed by atoms with Gasteiger partial charge in [0.15, 0.2) is 17.4 Å². The Morgan fingerprint density at radius 2 is 1.70 bits per heavy atom. The summed E-state index contributed by atoms with van der Waals surface area (Å²) < 4.78 is 40.2. The maximum Gasteiger partial charge on any atom is 0.417 e. The summed E-state index contributed by atoms with van der Waals surface area (Å²) in [5.74, 6) is -2.41. The number of phenols is 1. The van der Waals surface area contributed by atoms with Crippen LogP contribution in [-0.2, 0) is 6.18 Å². The largest absolute Gasteiger partial charge is 0.505 e. The second-order valence-corrected chi connectivity index (χ2v) is 10.1. The molecule has 2 rings (SSSR count). The van der Waals surface area contributed by atoms with Gasteiger partial charge in [0, 0.05) is 23.8 Å². The molecule has 0 saturated heterocycles. The number of carbonyl (C=O) groups is 1. The molecule has 11 heteroatoms. The highest BCUT2D eigenvalue weighted by molar-refractivity contribution is 7.12. The topological polar surface area (TPSA) is 117 Å². The van der Waals surface area contributed by atoms with E-state index in [1.807, 2.05) is 39.8 Å². The summed E-state index contributed by atoms with van der Waals surface area (Å²) in [5.41, 5.74) is 9.19. The Morgan fingerprint density at radius 3 is 2.15 bits per heavy atom. The van der Waals surface area contributed by atoms with Gasteiger partial charge < -0.3 is 21.5 Å². The van der Waals surface area contributed by atoms with Crippen LogP contribution < -0.4 is 11.5 Å². The van der Waals surface area contributed by atoms with Crippen LogP contribution >= 0.6 is 11.3 Å². The van der Waals surface area contributed by atoms with Crippen molar-refractivity contribution < 1.29 is 23.1 Å². The average molecular weight is 484 g/mol. The van der Waals surface area contributed by atoms with E-state index in [1.54, 1.807) is 11.3 Å². The minimum atomic E-state index is -4.86. The number of hydrogen-bond acceptors (Lipinski definition) is 5. The molecule has 180 valence electrons. The number of aliphatic imine (C=N–C) groups is 2. The number of amides is 1. The SMILES string of the molecule is Cc1ccc([C@H](N=C(N)C(N)=Nc2ccc(C(F)(F)F)c(C(=O)N(C)C)c2O)C(C)(C)C)s1. The minimum Gasteiger partial charge on any atom is -0.505 e. The van der Waals surface area contributed by atoms with Gasteiger partial charge >= 0.3 is 6.18 Å². The number of amidine groups is 2. The zero-order chi connectivity index (χ0) is 25.3. The van der Waals surface area contributed by atoms with Gasteiger partial charge in [-0.3, -0.25) is 9.79 Å². The van der Waals surface area contributed by atoms with Crippen molar-refractivity contribution in [3.05, 3.63) is 45.1 Å². The summed E-state index contributed by atoms with van der Waals surface area (Å²) in [6, 6.07) is 5.15. The van der Waals surface area contributed by atoms with Crippen molar-refractivity contribution in [1.29, 1.82) is 0 Å². The molecule has 1 aromatic carbocycles. The van der Waals surface area contributed by atoms with Crippen LogP contribution in [0.5, 0.6) is 5.75 Å². The Kier molecular flexibility index (Phi) is 7.47. The number of nitrogens with zero attached hydrogens (tertiary/aromatic N) is 3. The number of nitrogens with two attached hydrogens (primary N) is 2. The fourth-order valence-corrected chi connectivity index (χ4v) is 4.19. The van der Waals surface area contributed by atoms with Crippen LogP contribution in [0.25, 0.3) is 0 Å². The molecule has 5 N–H and O–H groups in total. The van der Waals surface area contributed by atoms with Crippen molar-refractivity contribution in [3.8, 4) is 5.75 Å². The van der Waals surface area contributed by atoms with Gasteiger partial charge in [0.1, 0.15) is 5.69 Å². The van der Waals surface area contributed by atoms with E-state index in [-0.39, 0.29) is 28.8 Å². The number of alkyl halides is 3. The second kappa shape index (κ2) is 9.42. The van der Waals surface area contributed by atoms with Gasteiger partial charge in [-0.2, -0.15) is 13.2 Å². The van der Waals surface area contributed by atoms with Crippen LogP contribution in [0, 0.1) is 12.3 Å². The molecule has 0 bridgehead atoms. The fraction of sp³-hybridized carbons (Fsp3) is 0.409. The predicted molar refractivity (Wildman–Crippen MR) is 125 cm³/mol. The van der Waals surface area contributed by atoms with Crippen molar-refractivity contribution >= 4 is 34.6 Å². The molecule has 0 spiro atoms. The highest BCUT2D eigenvalue weighted by atomic mass is 32.1. The lowest BCUT2D eigenvalue weighted by Crippen LogP contribution is -2.33. The molecule has 1 heterocycles. The first kappa shape index (κ1) is 26.2. The first-order chi connectivity index (χ1) is 15.0. The highest BCUT2D eigenvalue weighted by Crippen LogP contribution is 2.41. The van der Waals surface area contributed by atoms with Gasteiger partial charge in [-0.15, -0.1) is 11.3 Å². The molecule has 2 aromatic rings. The third-order valence-corrected chi connectivity index (χ3v) is 5.76. The summed E-state index contributed by atoms with van der Waals surface area (Å²) in [6.45, 7) is 7.92. The molecule has 1 amide bonds. The standard InChI is InChI=1S/C22H28F3N5O2S/c1-11-7-10-14(33-11)17(21(2,3)4)29-19(27)18(26)28-13-9-8-12(22(23,24)25)15(16(13)31)20(32)30(5)6/h7-10,17,31H,1-6H3,(H2,26,28)(H2,27,29)/t17-/m0/s1. The zero-order valence-electron chi connectivity index (χ0n) is 19.3. The van der Waals surface area contributed by atoms with E-state index < -0.39 is 29.0 Å². The normalized spacial score (nSPS) is 14.3. The number of rotatable bonds is 4. The number of thiophene rings is 1. The zero-order valence-corrected chi connectivity index (χ0v) is 20.1. The molecule has 0 saturated carbocycles. The van der Waals surface area contributed by atoms with Crippen molar-refractivity contribution in [2.75, 3.05) is 14.1 Å². The second-order valence-electron chi connectivity index (χ2n) is 8.78. The monoisotopic (exact) mass is 483 g/mol. The third kappa shape index (κ3) is 6.04. The van der Waals surface area contributed by atoms with Gasteiger partial charge in [-0.05, 0) is 36.6 Å². The Hall–Kier alpha value is -3.08. The average Bonchev–Trinajstić information content (AvgIpc) is 3.10. The molecule has 0 aliphatic carbocycles. The molecule has 33 heavy (non-hydrogen) atoms. The smallest absolute Gasteiger partial charge is 0.417 e. The fourth-order valence-electron chi connectivity index (χ4n) is 3.02. The molecular weight excluding hydrogens is 455 g/mol. The number of benzene rings is 1. The van der Waals surface area contributed by atoms with E-state index in [4.69, 9.17) is 11.5 Å². The van der Waals surface area contributed by atoms with Crippen LogP contribution in [0.1, 0.15) is 52.5 Å². The van der Waals surface area contributed by atoms with Crippen molar-refractivity contribution in [2.45, 2.75) is 39.9 Å². The van der Waals surface area contributed by atoms with E-state index in [0.717, 1.165) is 20.7 Å². The maximum absolute atomic E-state index is 13.4. The van der Waals surface area contributed by atoms with Gasteiger partial charge in [0.2, 0.25) is 0 Å². The van der Waals surface area contributed by atoms with E-state index in [0.29, 0.717) is 6.07 Å². The lowest BCUT2D eigenvalue weighted by Gasteiger charge is -2.27. The van der Waals surface area contributed by atoms with Crippen molar-refractivity contribution in [2.24, 2.45) is 26.9 Å². The number of aromatic hydroxyl groups is 1. The minimum absolute atomic E-state index is 0.138. The van der Waals surface area contributed by atoms with E-state index in [9.17, 15) is 23.1 Å². The van der Waals surface area contributed by atoms with Crippen molar-refractivity contribution in [3.63, 3.8) is 0 Å². The van der Waals surface area contributed by atoms with Crippen molar-refractivity contribution in [1.82, 2.24) is 4.90 Å². The van der Waals surface area contributed by atoms with Crippen LogP contribution in [0.15, 0.2) is 34.3 Å². The van der Waals surface area contributed by atoms with E-state index in [1.165, 1.54) is 14.1 Å². The summed E-state index contributed by atoms with van der Waals surface area (Å²) >= 11 is 1.56. The van der Waals surface area contributed by atoms with Crippen LogP contribution in [0.4, 0.5) is 18.9 Å². The summed E-state index contributed by atoms with van der Waals surface area (Å²) in [4.78, 5) is 23.8. The summed E-state index contributed by atoms with van der Waals surface area (Å²) in [5, 5.41) is 10.5.